The molecule has 0 aliphatic carbocycles. The first-order valence-corrected chi connectivity index (χ1v) is 10.3. The summed E-state index contributed by atoms with van der Waals surface area (Å²) in [7, 11) is 0. The van der Waals surface area contributed by atoms with E-state index in [0.717, 1.165) is 18.4 Å². The average molecular weight is 408 g/mol. The summed E-state index contributed by atoms with van der Waals surface area (Å²) >= 11 is 0. The molecule has 4 atom stereocenters. The SMILES string of the molecule is O=C1N2C(CCC2c2ccccc2)OC12CCN(c1ncnc3ccnn13)CC2F. The molecule has 6 rings (SSSR count). The molecule has 30 heavy (non-hydrogen) atoms. The molecule has 1 aromatic carbocycles. The third kappa shape index (κ3) is 2.41. The minimum Gasteiger partial charge on any atom is -0.339 e. The van der Waals surface area contributed by atoms with Gasteiger partial charge < -0.3 is 14.5 Å². The van der Waals surface area contributed by atoms with Gasteiger partial charge in [0.2, 0.25) is 5.95 Å². The molecule has 3 aliphatic rings. The summed E-state index contributed by atoms with van der Waals surface area (Å²) in [6.45, 7) is 0.475. The molecule has 0 saturated carbocycles. The molecular weight excluding hydrogens is 387 g/mol. The van der Waals surface area contributed by atoms with Crippen molar-refractivity contribution < 1.29 is 13.9 Å². The Morgan fingerprint density at radius 2 is 2.00 bits per heavy atom. The second-order valence-electron chi connectivity index (χ2n) is 8.12. The summed E-state index contributed by atoms with van der Waals surface area (Å²) in [5.74, 6) is 0.300. The van der Waals surface area contributed by atoms with E-state index < -0.39 is 11.8 Å². The van der Waals surface area contributed by atoms with E-state index in [2.05, 4.69) is 15.1 Å². The Kier molecular flexibility index (Phi) is 3.83. The predicted octanol–water partition coefficient (Wildman–Crippen LogP) is 2.13. The second-order valence-corrected chi connectivity index (χ2v) is 8.12. The van der Waals surface area contributed by atoms with Crippen molar-refractivity contribution in [2.75, 3.05) is 18.0 Å². The van der Waals surface area contributed by atoms with Gasteiger partial charge in [0.15, 0.2) is 17.4 Å². The molecular formula is C21H21FN6O2. The molecule has 3 saturated heterocycles. The van der Waals surface area contributed by atoms with Crippen molar-refractivity contribution in [3.05, 3.63) is 54.5 Å². The van der Waals surface area contributed by atoms with Gasteiger partial charge in [0.25, 0.3) is 5.91 Å². The van der Waals surface area contributed by atoms with Gasteiger partial charge >= 0.3 is 0 Å². The van der Waals surface area contributed by atoms with Crippen LogP contribution in [0.2, 0.25) is 0 Å². The van der Waals surface area contributed by atoms with Gasteiger partial charge in [-0.05, 0) is 18.4 Å². The van der Waals surface area contributed by atoms with Crippen LogP contribution in [0.4, 0.5) is 10.3 Å². The Morgan fingerprint density at radius 3 is 2.83 bits per heavy atom. The first-order valence-electron chi connectivity index (χ1n) is 10.3. The number of carbonyl (C=O) groups excluding carboxylic acids is 1. The summed E-state index contributed by atoms with van der Waals surface area (Å²) < 4.78 is 23.4. The fourth-order valence-electron chi connectivity index (χ4n) is 5.08. The summed E-state index contributed by atoms with van der Waals surface area (Å²) in [6, 6.07) is 11.6. The molecule has 1 amide bonds. The Morgan fingerprint density at radius 1 is 1.13 bits per heavy atom. The highest BCUT2D eigenvalue weighted by atomic mass is 19.1. The zero-order chi connectivity index (χ0) is 20.3. The first-order chi connectivity index (χ1) is 14.7. The molecule has 3 aliphatic heterocycles. The molecule has 4 unspecified atom stereocenters. The Balaban J connectivity index is 1.27. The number of amides is 1. The van der Waals surface area contributed by atoms with Crippen molar-refractivity contribution in [3.8, 4) is 0 Å². The van der Waals surface area contributed by atoms with Gasteiger partial charge in [-0.25, -0.2) is 14.4 Å². The number of aromatic nitrogens is 4. The number of halogens is 1. The van der Waals surface area contributed by atoms with Gasteiger partial charge in [-0.1, -0.05) is 30.3 Å². The number of alkyl halides is 1. The van der Waals surface area contributed by atoms with Gasteiger partial charge in [0, 0.05) is 19.0 Å². The Labute approximate surface area is 172 Å². The molecule has 9 heteroatoms. The minimum absolute atomic E-state index is 0.0221. The monoisotopic (exact) mass is 408 g/mol. The molecule has 3 fully saturated rings. The van der Waals surface area contributed by atoms with Crippen molar-refractivity contribution in [1.29, 1.82) is 0 Å². The van der Waals surface area contributed by atoms with Crippen LogP contribution in [0.5, 0.6) is 0 Å². The van der Waals surface area contributed by atoms with Gasteiger partial charge in [-0.15, -0.1) is 0 Å². The lowest BCUT2D eigenvalue weighted by atomic mass is 9.88. The lowest BCUT2D eigenvalue weighted by Gasteiger charge is -2.40. The average Bonchev–Trinajstić information content (AvgIpc) is 3.47. The van der Waals surface area contributed by atoms with E-state index in [1.54, 1.807) is 21.7 Å². The van der Waals surface area contributed by atoms with Gasteiger partial charge in [-0.3, -0.25) is 4.79 Å². The quantitative estimate of drug-likeness (QED) is 0.647. The molecule has 0 N–H and O–H groups in total. The summed E-state index contributed by atoms with van der Waals surface area (Å²) in [5.41, 5.74) is 0.310. The normalized spacial score (nSPS) is 31.1. The van der Waals surface area contributed by atoms with Crippen LogP contribution in [0.15, 0.2) is 48.9 Å². The summed E-state index contributed by atoms with van der Waals surface area (Å²) in [6.07, 6.45) is 3.09. The highest BCUT2D eigenvalue weighted by Crippen LogP contribution is 2.48. The number of hydrogen-bond acceptors (Lipinski definition) is 6. The van der Waals surface area contributed by atoms with Crippen molar-refractivity contribution in [1.82, 2.24) is 24.5 Å². The van der Waals surface area contributed by atoms with Crippen molar-refractivity contribution in [2.45, 2.75) is 43.3 Å². The largest absolute Gasteiger partial charge is 0.339 e. The van der Waals surface area contributed by atoms with Crippen LogP contribution in [0.3, 0.4) is 0 Å². The van der Waals surface area contributed by atoms with Crippen LogP contribution in [0.1, 0.15) is 30.9 Å². The molecule has 154 valence electrons. The minimum atomic E-state index is -1.46. The molecule has 8 nitrogen and oxygen atoms in total. The van der Waals surface area contributed by atoms with E-state index in [0.29, 0.717) is 18.1 Å². The third-order valence-corrected chi connectivity index (χ3v) is 6.56. The summed E-state index contributed by atoms with van der Waals surface area (Å²) in [4.78, 5) is 25.5. The maximum absolute atomic E-state index is 15.6. The molecule has 3 aromatic rings. The molecule has 1 spiro atoms. The number of hydrogen-bond donors (Lipinski definition) is 0. The lowest BCUT2D eigenvalue weighted by Crippen LogP contribution is -2.59. The maximum Gasteiger partial charge on any atom is 0.260 e. The van der Waals surface area contributed by atoms with E-state index in [1.807, 2.05) is 35.2 Å². The molecule has 0 bridgehead atoms. The number of carbonyl (C=O) groups is 1. The van der Waals surface area contributed by atoms with Gasteiger partial charge in [0.05, 0.1) is 18.8 Å². The van der Waals surface area contributed by atoms with Gasteiger partial charge in [0.1, 0.15) is 12.6 Å². The van der Waals surface area contributed by atoms with Crippen LogP contribution in [0, 0.1) is 0 Å². The fourth-order valence-corrected chi connectivity index (χ4v) is 5.08. The molecule has 2 aromatic heterocycles. The zero-order valence-corrected chi connectivity index (χ0v) is 16.3. The van der Waals surface area contributed by atoms with Crippen LogP contribution < -0.4 is 4.90 Å². The number of benzene rings is 1. The number of piperidine rings is 1. The van der Waals surface area contributed by atoms with Crippen molar-refractivity contribution >= 4 is 17.5 Å². The van der Waals surface area contributed by atoms with E-state index in [-0.39, 0.29) is 31.1 Å². The number of ether oxygens (including phenoxy) is 1. The van der Waals surface area contributed by atoms with Crippen molar-refractivity contribution in [2.24, 2.45) is 0 Å². The summed E-state index contributed by atoms with van der Waals surface area (Å²) in [5, 5.41) is 4.23. The highest BCUT2D eigenvalue weighted by Gasteiger charge is 2.62. The van der Waals surface area contributed by atoms with Crippen LogP contribution in [0.25, 0.3) is 5.65 Å². The maximum atomic E-state index is 15.6. The molecule has 5 heterocycles. The molecule has 0 radical (unpaired) electrons. The lowest BCUT2D eigenvalue weighted by molar-refractivity contribution is -0.148. The number of nitrogens with zero attached hydrogens (tertiary/aromatic N) is 6. The third-order valence-electron chi connectivity index (χ3n) is 6.56. The Bertz CT molecular complexity index is 1110. The van der Waals surface area contributed by atoms with E-state index in [9.17, 15) is 4.79 Å². The first kappa shape index (κ1) is 17.8. The van der Waals surface area contributed by atoms with Crippen LogP contribution in [-0.2, 0) is 9.53 Å². The predicted molar refractivity (Wildman–Crippen MR) is 105 cm³/mol. The van der Waals surface area contributed by atoms with Gasteiger partial charge in [-0.2, -0.15) is 9.61 Å². The van der Waals surface area contributed by atoms with E-state index >= 15 is 4.39 Å². The Hall–Kier alpha value is -3.07. The zero-order valence-electron chi connectivity index (χ0n) is 16.3. The number of anilines is 1. The van der Waals surface area contributed by atoms with Crippen LogP contribution in [-0.4, -0.2) is 61.5 Å². The smallest absolute Gasteiger partial charge is 0.260 e. The second kappa shape index (κ2) is 6.46. The van der Waals surface area contributed by atoms with E-state index in [1.165, 1.54) is 6.33 Å². The number of rotatable bonds is 2. The topological polar surface area (TPSA) is 75.9 Å². The van der Waals surface area contributed by atoms with E-state index in [4.69, 9.17) is 4.74 Å². The van der Waals surface area contributed by atoms with Crippen LogP contribution >= 0.6 is 0 Å². The fraction of sp³-hybridized carbons (Fsp3) is 0.429. The van der Waals surface area contributed by atoms with Crippen molar-refractivity contribution in [3.63, 3.8) is 0 Å². The standard InChI is InChI=1S/C21H21FN6O2/c22-16-12-26(20-24-13-23-17-8-10-25-28(17)20)11-9-21(16)19(29)27-15(6-7-18(27)30-21)14-4-2-1-3-5-14/h1-5,8,10,13,15-16,18H,6-7,9,11-12H2. The number of fused-ring (bicyclic) bond motifs is 2. The highest BCUT2D eigenvalue weighted by molar-refractivity contribution is 5.89.